The second kappa shape index (κ2) is 38.8. The SMILES string of the molecule is CC/C=C\C/C=C\C/C=C\C/C=C\C/C=C\C/C=C\CCCCC(=O)OCC(O)COP(=O)(O)OCC(NC(=O)CCCCCCCCCCCCC)C(=O)O. The molecule has 56 heavy (non-hydrogen) atoms. The maximum Gasteiger partial charge on any atom is 0.472 e. The fourth-order valence-electron chi connectivity index (χ4n) is 5.26. The molecular formula is C44H74NO10P. The normalized spacial score (nSPS) is 14.5. The lowest BCUT2D eigenvalue weighted by Crippen LogP contribution is -2.43. The molecule has 0 aromatic rings. The Morgan fingerprint density at radius 3 is 1.54 bits per heavy atom. The zero-order valence-corrected chi connectivity index (χ0v) is 35.3. The average Bonchev–Trinajstić information content (AvgIpc) is 3.17. The Morgan fingerprint density at radius 1 is 0.589 bits per heavy atom. The Labute approximate surface area is 338 Å². The molecule has 0 saturated carbocycles. The molecule has 1 amide bonds. The maximum atomic E-state index is 12.2. The zero-order valence-electron chi connectivity index (χ0n) is 34.4. The van der Waals surface area contributed by atoms with Gasteiger partial charge in [-0.2, -0.15) is 0 Å². The largest absolute Gasteiger partial charge is 0.480 e. The van der Waals surface area contributed by atoms with Crippen LogP contribution in [0.15, 0.2) is 72.9 Å². The number of ether oxygens (including phenoxy) is 1. The van der Waals surface area contributed by atoms with Crippen molar-refractivity contribution in [3.05, 3.63) is 72.9 Å². The van der Waals surface area contributed by atoms with E-state index in [0.717, 1.165) is 70.6 Å². The van der Waals surface area contributed by atoms with Gasteiger partial charge in [-0.05, 0) is 64.2 Å². The number of hydrogen-bond donors (Lipinski definition) is 4. The molecule has 0 spiro atoms. The van der Waals surface area contributed by atoms with Crippen molar-refractivity contribution in [3.8, 4) is 0 Å². The molecule has 11 nitrogen and oxygen atoms in total. The van der Waals surface area contributed by atoms with Crippen molar-refractivity contribution < 1.29 is 47.8 Å². The van der Waals surface area contributed by atoms with Gasteiger partial charge in [0.1, 0.15) is 12.7 Å². The van der Waals surface area contributed by atoms with E-state index in [2.05, 4.69) is 92.1 Å². The molecule has 3 atom stereocenters. The maximum absolute atomic E-state index is 12.2. The summed E-state index contributed by atoms with van der Waals surface area (Å²) in [6.07, 6.45) is 45.1. The third-order valence-electron chi connectivity index (χ3n) is 8.51. The first-order valence-corrected chi connectivity index (χ1v) is 22.5. The van der Waals surface area contributed by atoms with Crippen LogP contribution >= 0.6 is 7.82 Å². The van der Waals surface area contributed by atoms with Crippen molar-refractivity contribution in [2.75, 3.05) is 19.8 Å². The van der Waals surface area contributed by atoms with Crippen LogP contribution in [0.1, 0.15) is 155 Å². The van der Waals surface area contributed by atoms with E-state index < -0.39 is 57.6 Å². The first-order chi connectivity index (χ1) is 27.1. The number of aliphatic carboxylic acids is 1. The van der Waals surface area contributed by atoms with Gasteiger partial charge in [0.15, 0.2) is 6.04 Å². The number of unbranched alkanes of at least 4 members (excludes halogenated alkanes) is 12. The van der Waals surface area contributed by atoms with Crippen molar-refractivity contribution >= 4 is 25.7 Å². The summed E-state index contributed by atoms with van der Waals surface area (Å²) in [7, 11) is -4.76. The Hall–Kier alpha value is -3.08. The minimum atomic E-state index is -4.76. The third kappa shape index (κ3) is 37.8. The molecule has 12 heteroatoms. The summed E-state index contributed by atoms with van der Waals surface area (Å²) in [5, 5.41) is 21.8. The second-order valence-electron chi connectivity index (χ2n) is 13.8. The van der Waals surface area contributed by atoms with Crippen LogP contribution in [0.4, 0.5) is 0 Å². The van der Waals surface area contributed by atoms with Gasteiger partial charge in [0.25, 0.3) is 0 Å². The summed E-state index contributed by atoms with van der Waals surface area (Å²) < 4.78 is 26.7. The summed E-state index contributed by atoms with van der Waals surface area (Å²) in [5.41, 5.74) is 0. The van der Waals surface area contributed by atoms with Crippen molar-refractivity contribution in [1.29, 1.82) is 0 Å². The summed E-state index contributed by atoms with van der Waals surface area (Å²) in [6.45, 7) is 2.40. The fourth-order valence-corrected chi connectivity index (χ4v) is 6.03. The van der Waals surface area contributed by atoms with E-state index in [4.69, 9.17) is 13.8 Å². The molecule has 3 unspecified atom stereocenters. The number of phosphoric acid groups is 1. The summed E-state index contributed by atoms with van der Waals surface area (Å²) in [6, 6.07) is -1.55. The average molecular weight is 808 g/mol. The minimum absolute atomic E-state index is 0.141. The van der Waals surface area contributed by atoms with Gasteiger partial charge in [0, 0.05) is 12.8 Å². The van der Waals surface area contributed by atoms with Gasteiger partial charge < -0.3 is 25.2 Å². The number of carboxylic acid groups (broad SMARTS) is 1. The van der Waals surface area contributed by atoms with E-state index in [1.165, 1.54) is 44.9 Å². The Morgan fingerprint density at radius 2 is 1.04 bits per heavy atom. The first kappa shape index (κ1) is 52.9. The van der Waals surface area contributed by atoms with Gasteiger partial charge >= 0.3 is 19.8 Å². The molecule has 0 aliphatic carbocycles. The quantitative estimate of drug-likeness (QED) is 0.0204. The van der Waals surface area contributed by atoms with Gasteiger partial charge in [0.2, 0.25) is 5.91 Å². The number of amides is 1. The number of rotatable bonds is 38. The Bertz CT molecular complexity index is 1230. The highest BCUT2D eigenvalue weighted by Gasteiger charge is 2.28. The van der Waals surface area contributed by atoms with Gasteiger partial charge in [-0.15, -0.1) is 0 Å². The molecular weight excluding hydrogens is 733 g/mol. The molecule has 0 radical (unpaired) electrons. The number of aliphatic hydroxyl groups is 1. The Balaban J connectivity index is 3.99. The van der Waals surface area contributed by atoms with Crippen LogP contribution in [0.5, 0.6) is 0 Å². The minimum Gasteiger partial charge on any atom is -0.480 e. The standard InChI is InChI=1S/C44H74NO10P/c1-3-5-7-9-11-13-15-16-17-18-19-20-21-22-23-24-26-28-30-32-34-36-43(48)53-37-40(46)38-54-56(51,52)55-39-41(44(49)50)45-42(47)35-33-31-29-27-25-14-12-10-8-6-4-2/h5,7,11,13,16-17,19-20,22-23,26,28,40-41,46H,3-4,6,8-10,12,14-15,18,21,24-25,27,29-39H2,1-2H3,(H,45,47)(H,49,50)(H,51,52)/b7-5-,13-11-,17-16-,20-19-,23-22-,28-26-. The molecule has 4 N–H and O–H groups in total. The number of hydrogen-bond acceptors (Lipinski definition) is 8. The number of aliphatic hydroxyl groups excluding tert-OH is 1. The monoisotopic (exact) mass is 808 g/mol. The van der Waals surface area contributed by atoms with Crippen molar-refractivity contribution in [2.45, 2.75) is 167 Å². The number of carboxylic acids is 1. The van der Waals surface area contributed by atoms with E-state index in [1.54, 1.807) is 0 Å². The van der Waals surface area contributed by atoms with Crippen molar-refractivity contribution in [1.82, 2.24) is 5.32 Å². The smallest absolute Gasteiger partial charge is 0.472 e. The van der Waals surface area contributed by atoms with Gasteiger partial charge in [0.05, 0.1) is 13.2 Å². The summed E-state index contributed by atoms with van der Waals surface area (Å²) in [4.78, 5) is 45.8. The molecule has 0 aliphatic rings. The van der Waals surface area contributed by atoms with Crippen LogP contribution in [0, 0.1) is 0 Å². The molecule has 320 valence electrons. The van der Waals surface area contributed by atoms with Crippen LogP contribution in [0.25, 0.3) is 0 Å². The molecule has 0 fully saturated rings. The molecule has 0 aliphatic heterocycles. The number of carbonyl (C=O) groups is 3. The third-order valence-corrected chi connectivity index (χ3v) is 9.46. The molecule has 0 heterocycles. The van der Waals surface area contributed by atoms with Crippen LogP contribution in [0.3, 0.4) is 0 Å². The highest BCUT2D eigenvalue weighted by molar-refractivity contribution is 7.47. The van der Waals surface area contributed by atoms with E-state index in [-0.39, 0.29) is 12.8 Å². The predicted octanol–water partition coefficient (Wildman–Crippen LogP) is 10.6. The molecule has 0 aromatic carbocycles. The van der Waals surface area contributed by atoms with Crippen LogP contribution in [-0.4, -0.2) is 64.9 Å². The lowest BCUT2D eigenvalue weighted by molar-refractivity contribution is -0.147. The van der Waals surface area contributed by atoms with Crippen LogP contribution < -0.4 is 5.32 Å². The van der Waals surface area contributed by atoms with Crippen molar-refractivity contribution in [3.63, 3.8) is 0 Å². The highest BCUT2D eigenvalue weighted by atomic mass is 31.2. The lowest BCUT2D eigenvalue weighted by Gasteiger charge is -2.18. The number of allylic oxidation sites excluding steroid dienone is 12. The van der Waals surface area contributed by atoms with E-state index in [1.807, 2.05) is 0 Å². The van der Waals surface area contributed by atoms with Gasteiger partial charge in [-0.3, -0.25) is 18.6 Å². The predicted molar refractivity (Wildman–Crippen MR) is 226 cm³/mol. The molecule has 0 aromatic heterocycles. The highest BCUT2D eigenvalue weighted by Crippen LogP contribution is 2.43. The topological polar surface area (TPSA) is 169 Å². The molecule has 0 rings (SSSR count). The van der Waals surface area contributed by atoms with Crippen molar-refractivity contribution in [2.24, 2.45) is 0 Å². The number of nitrogens with one attached hydrogen (secondary N) is 1. The molecule has 0 bridgehead atoms. The molecule has 0 saturated heterocycles. The lowest BCUT2D eigenvalue weighted by atomic mass is 10.1. The first-order valence-electron chi connectivity index (χ1n) is 21.0. The summed E-state index contributed by atoms with van der Waals surface area (Å²) >= 11 is 0. The number of esters is 1. The van der Waals surface area contributed by atoms with Gasteiger partial charge in [-0.1, -0.05) is 151 Å². The van der Waals surface area contributed by atoms with E-state index >= 15 is 0 Å². The Kier molecular flexibility index (Phi) is 36.6. The van der Waals surface area contributed by atoms with Crippen LogP contribution in [-0.2, 0) is 32.7 Å². The zero-order chi connectivity index (χ0) is 41.4. The van der Waals surface area contributed by atoms with Gasteiger partial charge in [-0.25, -0.2) is 9.36 Å². The van der Waals surface area contributed by atoms with E-state index in [0.29, 0.717) is 12.8 Å². The fraction of sp³-hybridized carbons (Fsp3) is 0.659. The second-order valence-corrected chi connectivity index (χ2v) is 15.3. The van der Waals surface area contributed by atoms with Crippen LogP contribution in [0.2, 0.25) is 0 Å². The summed E-state index contributed by atoms with van der Waals surface area (Å²) in [5.74, 6) is -2.43. The number of phosphoric ester groups is 1. The number of carbonyl (C=O) groups excluding carboxylic acids is 2. The van der Waals surface area contributed by atoms with E-state index in [9.17, 15) is 34.1 Å².